The minimum absolute atomic E-state index is 0.703. The molecule has 0 unspecified atom stereocenters. The molecule has 0 fully saturated rings. The summed E-state index contributed by atoms with van der Waals surface area (Å²) in [6.07, 6.45) is 7.17. The molecule has 0 radical (unpaired) electrons. The molecule has 0 aromatic carbocycles. The molecule has 0 spiro atoms. The number of nitrogens with zero attached hydrogens (tertiary/aromatic N) is 2. The molecule has 1 aliphatic rings. The van der Waals surface area contributed by atoms with E-state index in [-0.39, 0.29) is 0 Å². The van der Waals surface area contributed by atoms with Crippen LogP contribution in [0.1, 0.15) is 6.42 Å². The van der Waals surface area contributed by atoms with Gasteiger partial charge in [-0.2, -0.15) is 0 Å². The molecule has 2 rings (SSSR count). The average Bonchev–Trinajstić information content (AvgIpc) is 2.19. The monoisotopic (exact) mass is 272 g/mol. The Labute approximate surface area is 96.7 Å². The molecule has 0 amide bonds. The van der Waals surface area contributed by atoms with Crippen molar-refractivity contribution in [1.29, 1.82) is 0 Å². The van der Waals surface area contributed by atoms with Gasteiger partial charge in [0.1, 0.15) is 5.82 Å². The van der Waals surface area contributed by atoms with Gasteiger partial charge >= 0.3 is 0 Å². The van der Waals surface area contributed by atoms with E-state index in [0.717, 1.165) is 29.8 Å². The standard InChI is InChI=1S/C10H10BrClN2/c11-8-6-9(12)10(13-7-8)14-4-2-1-3-5-14/h1-2,6-7H,3-5H2. The van der Waals surface area contributed by atoms with Gasteiger partial charge in [-0.05, 0) is 28.4 Å². The third-order valence-electron chi connectivity index (χ3n) is 2.15. The second kappa shape index (κ2) is 4.32. The Bertz CT molecular complexity index is 365. The van der Waals surface area contributed by atoms with Gasteiger partial charge in [0.2, 0.25) is 0 Å². The van der Waals surface area contributed by atoms with Gasteiger partial charge in [-0.3, -0.25) is 0 Å². The highest BCUT2D eigenvalue weighted by molar-refractivity contribution is 9.10. The molecule has 2 heterocycles. The van der Waals surface area contributed by atoms with Crippen molar-refractivity contribution in [2.75, 3.05) is 18.0 Å². The lowest BCUT2D eigenvalue weighted by Crippen LogP contribution is -2.27. The molecular weight excluding hydrogens is 263 g/mol. The summed E-state index contributed by atoms with van der Waals surface area (Å²) in [5.41, 5.74) is 0. The van der Waals surface area contributed by atoms with Gasteiger partial charge in [0.05, 0.1) is 5.02 Å². The first-order valence-electron chi connectivity index (χ1n) is 4.48. The molecular formula is C10H10BrClN2. The van der Waals surface area contributed by atoms with E-state index in [1.165, 1.54) is 0 Å². The second-order valence-electron chi connectivity index (χ2n) is 3.17. The topological polar surface area (TPSA) is 16.1 Å². The lowest BCUT2D eigenvalue weighted by Gasteiger charge is -2.25. The first-order chi connectivity index (χ1) is 6.77. The zero-order chi connectivity index (χ0) is 9.97. The summed E-state index contributed by atoms with van der Waals surface area (Å²) in [6.45, 7) is 1.89. The molecule has 1 aromatic rings. The predicted molar refractivity (Wildman–Crippen MR) is 62.9 cm³/mol. The SMILES string of the molecule is Clc1cc(Br)cnc1N1CC=CCC1. The fourth-order valence-electron chi connectivity index (χ4n) is 1.47. The van der Waals surface area contributed by atoms with Crippen molar-refractivity contribution in [3.63, 3.8) is 0 Å². The molecule has 1 aliphatic heterocycles. The summed E-state index contributed by atoms with van der Waals surface area (Å²) in [6, 6.07) is 1.88. The van der Waals surface area contributed by atoms with Gasteiger partial charge in [0.15, 0.2) is 0 Å². The third kappa shape index (κ3) is 2.10. The zero-order valence-corrected chi connectivity index (χ0v) is 9.92. The summed E-state index contributed by atoms with van der Waals surface area (Å²) in [5, 5.41) is 0.703. The van der Waals surface area contributed by atoms with Gasteiger partial charge in [-0.25, -0.2) is 4.98 Å². The number of anilines is 1. The molecule has 0 atom stereocenters. The van der Waals surface area contributed by atoms with E-state index in [0.29, 0.717) is 5.02 Å². The van der Waals surface area contributed by atoms with Crippen molar-refractivity contribution >= 4 is 33.3 Å². The average molecular weight is 274 g/mol. The molecule has 74 valence electrons. The second-order valence-corrected chi connectivity index (χ2v) is 4.49. The van der Waals surface area contributed by atoms with Crippen LogP contribution in [0.3, 0.4) is 0 Å². The van der Waals surface area contributed by atoms with Crippen molar-refractivity contribution < 1.29 is 0 Å². The summed E-state index contributed by atoms with van der Waals surface area (Å²) < 4.78 is 0.916. The van der Waals surface area contributed by atoms with Gasteiger partial charge in [0, 0.05) is 23.8 Å². The Balaban J connectivity index is 2.27. The van der Waals surface area contributed by atoms with Crippen molar-refractivity contribution in [3.8, 4) is 0 Å². The molecule has 1 aromatic heterocycles. The summed E-state index contributed by atoms with van der Waals surface area (Å²) >= 11 is 9.45. The van der Waals surface area contributed by atoms with E-state index in [9.17, 15) is 0 Å². The van der Waals surface area contributed by atoms with Crippen LogP contribution in [0.4, 0.5) is 5.82 Å². The van der Waals surface area contributed by atoms with Gasteiger partial charge in [-0.1, -0.05) is 23.8 Å². The van der Waals surface area contributed by atoms with E-state index >= 15 is 0 Å². The van der Waals surface area contributed by atoms with Crippen molar-refractivity contribution in [2.24, 2.45) is 0 Å². The highest BCUT2D eigenvalue weighted by Crippen LogP contribution is 2.26. The number of hydrogen-bond acceptors (Lipinski definition) is 2. The Morgan fingerprint density at radius 3 is 2.93 bits per heavy atom. The summed E-state index contributed by atoms with van der Waals surface area (Å²) in [5.74, 6) is 0.874. The summed E-state index contributed by atoms with van der Waals surface area (Å²) in [4.78, 5) is 6.49. The fraction of sp³-hybridized carbons (Fsp3) is 0.300. The Hall–Kier alpha value is -0.540. The van der Waals surface area contributed by atoms with Crippen LogP contribution in [-0.4, -0.2) is 18.1 Å². The number of rotatable bonds is 1. The molecule has 2 nitrogen and oxygen atoms in total. The van der Waals surface area contributed by atoms with Crippen molar-refractivity contribution in [2.45, 2.75) is 6.42 Å². The maximum atomic E-state index is 6.10. The lowest BCUT2D eigenvalue weighted by atomic mass is 10.2. The largest absolute Gasteiger partial charge is 0.351 e. The van der Waals surface area contributed by atoms with Crippen LogP contribution >= 0.6 is 27.5 Å². The van der Waals surface area contributed by atoms with Gasteiger partial charge in [-0.15, -0.1) is 0 Å². The fourth-order valence-corrected chi connectivity index (χ4v) is 2.22. The third-order valence-corrected chi connectivity index (χ3v) is 2.86. The van der Waals surface area contributed by atoms with Crippen LogP contribution in [0, 0.1) is 0 Å². The molecule has 0 aliphatic carbocycles. The number of halogens is 2. The maximum Gasteiger partial charge on any atom is 0.147 e. The first kappa shape index (κ1) is 9.99. The van der Waals surface area contributed by atoms with E-state index in [4.69, 9.17) is 11.6 Å². The highest BCUT2D eigenvalue weighted by atomic mass is 79.9. The van der Waals surface area contributed by atoms with Crippen LogP contribution in [0.25, 0.3) is 0 Å². The molecule has 0 N–H and O–H groups in total. The quantitative estimate of drug-likeness (QED) is 0.730. The van der Waals surface area contributed by atoms with E-state index < -0.39 is 0 Å². The van der Waals surface area contributed by atoms with Crippen LogP contribution in [-0.2, 0) is 0 Å². The minimum atomic E-state index is 0.703. The lowest BCUT2D eigenvalue weighted by molar-refractivity contribution is 0.805. The zero-order valence-electron chi connectivity index (χ0n) is 7.58. The van der Waals surface area contributed by atoms with Crippen LogP contribution in [0.5, 0.6) is 0 Å². The minimum Gasteiger partial charge on any atom is -0.351 e. The molecule has 0 saturated heterocycles. The Morgan fingerprint density at radius 1 is 1.43 bits per heavy atom. The summed E-state index contributed by atoms with van der Waals surface area (Å²) in [7, 11) is 0. The molecule has 4 heteroatoms. The highest BCUT2D eigenvalue weighted by Gasteiger charge is 2.12. The Kier molecular flexibility index (Phi) is 3.08. The first-order valence-corrected chi connectivity index (χ1v) is 5.65. The maximum absolute atomic E-state index is 6.10. The number of aromatic nitrogens is 1. The number of hydrogen-bond donors (Lipinski definition) is 0. The van der Waals surface area contributed by atoms with Crippen LogP contribution in [0.2, 0.25) is 5.02 Å². The van der Waals surface area contributed by atoms with Gasteiger partial charge in [0.25, 0.3) is 0 Å². The van der Waals surface area contributed by atoms with Gasteiger partial charge < -0.3 is 4.90 Å². The van der Waals surface area contributed by atoms with E-state index in [2.05, 4.69) is 38.0 Å². The van der Waals surface area contributed by atoms with Crippen LogP contribution < -0.4 is 4.90 Å². The molecule has 14 heavy (non-hydrogen) atoms. The van der Waals surface area contributed by atoms with E-state index in [1.807, 2.05) is 6.07 Å². The number of pyridine rings is 1. The smallest absolute Gasteiger partial charge is 0.147 e. The Morgan fingerprint density at radius 2 is 2.29 bits per heavy atom. The van der Waals surface area contributed by atoms with Crippen molar-refractivity contribution in [3.05, 3.63) is 33.9 Å². The van der Waals surface area contributed by atoms with E-state index in [1.54, 1.807) is 6.20 Å². The normalized spacial score (nSPS) is 16.0. The van der Waals surface area contributed by atoms with Crippen molar-refractivity contribution in [1.82, 2.24) is 4.98 Å². The molecule has 0 saturated carbocycles. The van der Waals surface area contributed by atoms with Crippen LogP contribution in [0.15, 0.2) is 28.9 Å². The predicted octanol–water partition coefficient (Wildman–Crippen LogP) is 3.26. The molecule has 0 bridgehead atoms.